The maximum absolute atomic E-state index is 5.94. The Morgan fingerprint density at radius 3 is 2.93 bits per heavy atom. The van der Waals surface area contributed by atoms with Crippen LogP contribution < -0.4 is 15.4 Å². The van der Waals surface area contributed by atoms with Crippen LogP contribution in [-0.4, -0.2) is 57.6 Å². The molecule has 0 spiro atoms. The maximum Gasteiger partial charge on any atom is 0.191 e. The Balaban J connectivity index is 0.00000392. The average Bonchev–Trinajstić information content (AvgIpc) is 3.16. The van der Waals surface area contributed by atoms with Crippen LogP contribution in [0.4, 0.5) is 0 Å². The fourth-order valence-corrected chi connectivity index (χ4v) is 2.89. The van der Waals surface area contributed by atoms with E-state index in [-0.39, 0.29) is 30.1 Å². The molecular formula is C21H36IN3O3. The molecule has 0 aromatic heterocycles. The topological polar surface area (TPSA) is 64.1 Å². The molecular weight excluding hydrogens is 469 g/mol. The van der Waals surface area contributed by atoms with Crippen LogP contribution >= 0.6 is 24.0 Å². The summed E-state index contributed by atoms with van der Waals surface area (Å²) in [5, 5.41) is 6.62. The number of hydrogen-bond acceptors (Lipinski definition) is 4. The van der Waals surface area contributed by atoms with Gasteiger partial charge in [-0.2, -0.15) is 0 Å². The summed E-state index contributed by atoms with van der Waals surface area (Å²) >= 11 is 0. The molecule has 0 radical (unpaired) electrons. The van der Waals surface area contributed by atoms with E-state index in [2.05, 4.69) is 35.5 Å². The molecule has 1 aliphatic rings. The number of nitrogens with zero attached hydrogens (tertiary/aromatic N) is 1. The third kappa shape index (κ3) is 10.5. The number of aryl methyl sites for hydroxylation is 1. The Labute approximate surface area is 186 Å². The minimum absolute atomic E-state index is 0. The van der Waals surface area contributed by atoms with Crippen LogP contribution in [0.5, 0.6) is 5.75 Å². The summed E-state index contributed by atoms with van der Waals surface area (Å²) in [5.41, 5.74) is 1.19. The van der Waals surface area contributed by atoms with Crippen LogP contribution in [0.2, 0.25) is 0 Å². The second-order valence-electron chi connectivity index (χ2n) is 6.95. The summed E-state index contributed by atoms with van der Waals surface area (Å²) in [6, 6.07) is 8.09. The highest BCUT2D eigenvalue weighted by molar-refractivity contribution is 14.0. The van der Waals surface area contributed by atoms with Crippen molar-refractivity contribution >= 4 is 29.9 Å². The van der Waals surface area contributed by atoms with E-state index in [0.717, 1.165) is 57.3 Å². The molecule has 1 saturated heterocycles. The molecule has 1 aliphatic heterocycles. The van der Waals surface area contributed by atoms with Gasteiger partial charge in [0.15, 0.2) is 5.96 Å². The average molecular weight is 505 g/mol. The Morgan fingerprint density at radius 1 is 1.36 bits per heavy atom. The van der Waals surface area contributed by atoms with Crippen molar-refractivity contribution in [3.63, 3.8) is 0 Å². The summed E-state index contributed by atoms with van der Waals surface area (Å²) in [6.07, 6.45) is 3.53. The fourth-order valence-electron chi connectivity index (χ4n) is 2.89. The van der Waals surface area contributed by atoms with E-state index in [0.29, 0.717) is 19.3 Å². The lowest BCUT2D eigenvalue weighted by Crippen LogP contribution is -2.38. The van der Waals surface area contributed by atoms with Gasteiger partial charge in [0.2, 0.25) is 0 Å². The summed E-state index contributed by atoms with van der Waals surface area (Å²) in [4.78, 5) is 4.62. The third-order valence-electron chi connectivity index (χ3n) is 4.26. The number of rotatable bonds is 11. The van der Waals surface area contributed by atoms with E-state index in [1.54, 1.807) is 0 Å². The molecule has 6 nitrogen and oxygen atoms in total. The Bertz CT molecular complexity index is 566. The van der Waals surface area contributed by atoms with E-state index in [1.807, 2.05) is 25.1 Å². The monoisotopic (exact) mass is 505 g/mol. The van der Waals surface area contributed by atoms with Crippen molar-refractivity contribution in [1.29, 1.82) is 0 Å². The zero-order valence-corrected chi connectivity index (χ0v) is 19.7. The van der Waals surface area contributed by atoms with Gasteiger partial charge >= 0.3 is 0 Å². The van der Waals surface area contributed by atoms with Gasteiger partial charge in [-0.3, -0.25) is 0 Å². The number of hydrogen-bond donors (Lipinski definition) is 2. The number of ether oxygens (including phenoxy) is 3. The molecule has 1 aromatic carbocycles. The first-order valence-electron chi connectivity index (χ1n) is 10.1. The SMILES string of the molecule is CCNC(=NCC(C)Oc1cccc(C)c1)NCCCOCC1CCCO1.I. The standard InChI is InChI=1S/C21H35N3O3.HI/c1-4-22-21(23-11-7-12-25-16-20-10-6-13-26-20)24-15-18(3)27-19-9-5-8-17(2)14-19;/h5,8-9,14,18,20H,4,6-7,10-13,15-16H2,1-3H3,(H2,22,23,24);1H. The van der Waals surface area contributed by atoms with Crippen LogP contribution in [0.3, 0.4) is 0 Å². The third-order valence-corrected chi connectivity index (χ3v) is 4.26. The molecule has 0 amide bonds. The first-order valence-corrected chi connectivity index (χ1v) is 10.1. The smallest absolute Gasteiger partial charge is 0.191 e. The molecule has 1 heterocycles. The maximum atomic E-state index is 5.94. The number of guanidine groups is 1. The summed E-state index contributed by atoms with van der Waals surface area (Å²) in [6.45, 7) is 10.7. The van der Waals surface area contributed by atoms with E-state index in [9.17, 15) is 0 Å². The van der Waals surface area contributed by atoms with Crippen molar-refractivity contribution in [2.75, 3.05) is 39.5 Å². The van der Waals surface area contributed by atoms with Crippen molar-refractivity contribution in [2.45, 2.75) is 52.2 Å². The van der Waals surface area contributed by atoms with Gasteiger partial charge in [-0.1, -0.05) is 12.1 Å². The Hall–Kier alpha value is -1.06. The molecule has 28 heavy (non-hydrogen) atoms. The van der Waals surface area contributed by atoms with Gasteiger partial charge in [-0.05, 0) is 57.7 Å². The molecule has 7 heteroatoms. The van der Waals surface area contributed by atoms with Crippen LogP contribution in [0.1, 0.15) is 38.7 Å². The normalized spacial score (nSPS) is 17.7. The van der Waals surface area contributed by atoms with Gasteiger partial charge in [0.05, 0.1) is 19.3 Å². The van der Waals surface area contributed by atoms with Crippen LogP contribution in [-0.2, 0) is 9.47 Å². The van der Waals surface area contributed by atoms with Gasteiger partial charge in [0.1, 0.15) is 11.9 Å². The molecule has 2 N–H and O–H groups in total. The number of benzene rings is 1. The van der Waals surface area contributed by atoms with Crippen molar-refractivity contribution in [3.8, 4) is 5.75 Å². The molecule has 2 unspecified atom stereocenters. The second-order valence-corrected chi connectivity index (χ2v) is 6.95. The summed E-state index contributed by atoms with van der Waals surface area (Å²) in [7, 11) is 0. The van der Waals surface area contributed by atoms with Gasteiger partial charge < -0.3 is 24.8 Å². The van der Waals surface area contributed by atoms with Crippen molar-refractivity contribution < 1.29 is 14.2 Å². The number of aliphatic imine (C=N–C) groups is 1. The molecule has 160 valence electrons. The van der Waals surface area contributed by atoms with E-state index < -0.39 is 0 Å². The Morgan fingerprint density at radius 2 is 2.21 bits per heavy atom. The fraction of sp³-hybridized carbons (Fsp3) is 0.667. The molecule has 0 bridgehead atoms. The number of nitrogens with one attached hydrogen (secondary N) is 2. The van der Waals surface area contributed by atoms with Gasteiger partial charge in [-0.15, -0.1) is 24.0 Å². The van der Waals surface area contributed by atoms with Crippen LogP contribution in [0.25, 0.3) is 0 Å². The van der Waals surface area contributed by atoms with Gasteiger partial charge in [0, 0.05) is 26.3 Å². The van der Waals surface area contributed by atoms with Crippen molar-refractivity contribution in [2.24, 2.45) is 4.99 Å². The largest absolute Gasteiger partial charge is 0.489 e. The lowest BCUT2D eigenvalue weighted by Gasteiger charge is -2.15. The lowest BCUT2D eigenvalue weighted by molar-refractivity contribution is 0.0168. The van der Waals surface area contributed by atoms with Crippen molar-refractivity contribution in [1.82, 2.24) is 10.6 Å². The summed E-state index contributed by atoms with van der Waals surface area (Å²) in [5.74, 6) is 1.70. The lowest BCUT2D eigenvalue weighted by atomic mass is 10.2. The molecule has 2 atom stereocenters. The van der Waals surface area contributed by atoms with Gasteiger partial charge in [0.25, 0.3) is 0 Å². The molecule has 0 aliphatic carbocycles. The number of halogens is 1. The van der Waals surface area contributed by atoms with E-state index >= 15 is 0 Å². The van der Waals surface area contributed by atoms with E-state index in [1.165, 1.54) is 5.56 Å². The highest BCUT2D eigenvalue weighted by Gasteiger charge is 2.14. The van der Waals surface area contributed by atoms with E-state index in [4.69, 9.17) is 14.2 Å². The predicted molar refractivity (Wildman–Crippen MR) is 125 cm³/mol. The van der Waals surface area contributed by atoms with Gasteiger partial charge in [-0.25, -0.2) is 4.99 Å². The Kier molecular flexibility index (Phi) is 13.3. The highest BCUT2D eigenvalue weighted by atomic mass is 127. The summed E-state index contributed by atoms with van der Waals surface area (Å²) < 4.78 is 17.2. The highest BCUT2D eigenvalue weighted by Crippen LogP contribution is 2.14. The first-order chi connectivity index (χ1) is 13.2. The first kappa shape index (κ1) is 25.0. The zero-order chi connectivity index (χ0) is 19.3. The van der Waals surface area contributed by atoms with Crippen LogP contribution in [0.15, 0.2) is 29.3 Å². The molecule has 0 saturated carbocycles. The van der Waals surface area contributed by atoms with Crippen molar-refractivity contribution in [3.05, 3.63) is 29.8 Å². The quantitative estimate of drug-likeness (QED) is 0.209. The van der Waals surface area contributed by atoms with Crippen LogP contribution in [0, 0.1) is 6.92 Å². The minimum atomic E-state index is 0. The molecule has 2 rings (SSSR count). The zero-order valence-electron chi connectivity index (χ0n) is 17.4. The predicted octanol–water partition coefficient (Wildman–Crippen LogP) is 3.52. The molecule has 1 fully saturated rings. The minimum Gasteiger partial charge on any atom is -0.489 e. The molecule has 1 aromatic rings. The second kappa shape index (κ2) is 14.9.